The summed E-state index contributed by atoms with van der Waals surface area (Å²) in [5.74, 6) is 8.13. The van der Waals surface area contributed by atoms with Crippen LogP contribution in [0.25, 0.3) is 140 Å². The maximum Gasteiger partial charge on any atom is 2.00 e. The summed E-state index contributed by atoms with van der Waals surface area (Å²) >= 11 is 0. The number of hydrogen-bond donors (Lipinski definition) is 0. The van der Waals surface area contributed by atoms with E-state index in [1.165, 1.54) is 50.1 Å². The van der Waals surface area contributed by atoms with Crippen LogP contribution in [-0.4, -0.2) is 89.1 Å². The van der Waals surface area contributed by atoms with Gasteiger partial charge in [-0.2, -0.15) is 39.5 Å². The SMILES string of the molecule is CC(C)c1cccc(C(C)C)c1-c1ccc2c(-c3cc(C(F)(F)F)n[n-]3)nccc2c1.CC(C)c1cccc(C(C)C)c1-c1ccc2c(-c3cc(C(F)(F)F)n[n-]3)nccc2c1.CC(C)c1cccc(C(C)C)c1-c1ccc2c(-c3cc(C(F)(F)F)n[n-]3)nccc2c1.Cc1n[n-]c(-c2nccn2-c2ccccc2)n1.Cc1n[n-]c(-c2nccn2C(C)C)n1.Cc1n[n-]c(-c2nccn2C)n1.[Pt+2].[Pt+2].[Pt+2]. The molecule has 0 atom stereocenters. The fourth-order valence-corrected chi connectivity index (χ4v) is 15.9. The van der Waals surface area contributed by atoms with Crippen molar-refractivity contribution in [3.05, 3.63) is 300 Å². The summed E-state index contributed by atoms with van der Waals surface area (Å²) in [6.07, 6.45) is 2.05. The molecule has 0 unspecified atom stereocenters. The van der Waals surface area contributed by atoms with Gasteiger partial charge in [0.15, 0.2) is 0 Å². The first-order chi connectivity index (χ1) is 64.8. The molecule has 7 aromatic carbocycles. The Kier molecular flexibility index (Phi) is 34.9. The summed E-state index contributed by atoms with van der Waals surface area (Å²) in [5, 5.41) is 49.3. The molecule has 12 aromatic heterocycles. The van der Waals surface area contributed by atoms with Crippen molar-refractivity contribution in [3.63, 3.8) is 0 Å². The Morgan fingerprint density at radius 3 is 0.885 bits per heavy atom. The van der Waals surface area contributed by atoms with Crippen LogP contribution in [0.4, 0.5) is 39.5 Å². The fourth-order valence-electron chi connectivity index (χ4n) is 15.9. The number of benzene rings is 7. The Morgan fingerprint density at radius 1 is 0.295 bits per heavy atom. The standard InChI is InChI=1S/3C25H23F3N3.C12H10N5.C9H12N5.C7H8N5.3Pt/c3*1-14(2)18-6-5-7-19(15(3)4)23(18)17-8-9-20-16(12-17)10-11-29-24(20)21-13-22(31-30-21)25(26,27)28;1-9-14-11(16-15-9)12-13-7-8-17(12)10-5-3-2-4-6-10;1-6(2)14-5-4-10-9(14)8-11-7(3)12-13-8;1-5-9-6(11-10-5)7-8-3-4-12(7)2;;;/h3*5-15H,1-4H3;2-8H,1H3;4-6H,1-3H3;3-4H,1-2H3;;;/q6*-1;3*+2. The molecule has 0 aliphatic rings. The number of pyridine rings is 3. The average molecular weight is 2430 g/mol. The summed E-state index contributed by atoms with van der Waals surface area (Å²) in [5.41, 5.74) is 14.1. The molecular weight excluding hydrogens is 2330 g/mol. The molecule has 19 rings (SSSR count). The monoisotopic (exact) mass is 2430 g/mol. The minimum absolute atomic E-state index is 0. The molecule has 0 bridgehead atoms. The van der Waals surface area contributed by atoms with Gasteiger partial charge >= 0.3 is 81.7 Å². The minimum Gasteiger partial charge on any atom is -0.573 e. The minimum atomic E-state index is -4.53. The van der Waals surface area contributed by atoms with Gasteiger partial charge in [-0.05, 0) is 220 Å². The first-order valence-corrected chi connectivity index (χ1v) is 44.2. The maximum atomic E-state index is 13.0. The number of nitrogens with zero attached hydrogens (tertiary/aromatic N) is 24. The van der Waals surface area contributed by atoms with Gasteiger partial charge in [0.05, 0.1) is 17.1 Å². The molecule has 12 heterocycles. The van der Waals surface area contributed by atoms with Gasteiger partial charge in [0.1, 0.15) is 34.6 Å². The molecule has 724 valence electrons. The Labute approximate surface area is 841 Å². The molecule has 0 N–H and O–H groups in total. The van der Waals surface area contributed by atoms with E-state index < -0.39 is 35.6 Å². The number of imidazole rings is 3. The van der Waals surface area contributed by atoms with Crippen molar-refractivity contribution in [1.29, 1.82) is 0 Å². The predicted molar refractivity (Wildman–Crippen MR) is 507 cm³/mol. The number of hydrogen-bond acceptors (Lipinski definition) is 15. The zero-order valence-corrected chi connectivity index (χ0v) is 85.9. The van der Waals surface area contributed by atoms with Crippen molar-refractivity contribution >= 4 is 32.3 Å². The molecule has 0 saturated heterocycles. The Morgan fingerprint density at radius 2 is 0.597 bits per heavy atom. The third kappa shape index (κ3) is 24.8. The van der Waals surface area contributed by atoms with Crippen LogP contribution in [0.1, 0.15) is 206 Å². The van der Waals surface area contributed by atoms with Crippen molar-refractivity contribution < 1.29 is 103 Å². The molecule has 0 amide bonds. The van der Waals surface area contributed by atoms with E-state index in [4.69, 9.17) is 0 Å². The molecule has 24 nitrogen and oxygen atoms in total. The number of halogens is 9. The predicted octanol–water partition coefficient (Wildman–Crippen LogP) is 24.5. The summed E-state index contributed by atoms with van der Waals surface area (Å²) in [6, 6.07) is 56.0. The van der Waals surface area contributed by atoms with E-state index in [1.807, 2.05) is 138 Å². The third-order valence-corrected chi connectivity index (χ3v) is 22.5. The van der Waals surface area contributed by atoms with Gasteiger partial charge in [-0.25, -0.2) is 15.0 Å². The third-order valence-electron chi connectivity index (χ3n) is 22.5. The van der Waals surface area contributed by atoms with Crippen LogP contribution in [0.3, 0.4) is 0 Å². The zero-order valence-electron chi connectivity index (χ0n) is 79.1. The van der Waals surface area contributed by atoms with Crippen molar-refractivity contribution in [2.24, 2.45) is 7.05 Å². The fraction of sp³-hybridized carbons (Fsp3) is 0.272. The van der Waals surface area contributed by atoms with Crippen LogP contribution in [0.15, 0.2) is 232 Å². The second-order valence-electron chi connectivity index (χ2n) is 34.6. The number of aryl methyl sites for hydroxylation is 4. The second kappa shape index (κ2) is 45.7. The van der Waals surface area contributed by atoms with Crippen LogP contribution >= 0.6 is 0 Å². The van der Waals surface area contributed by atoms with Gasteiger partial charge in [-0.1, -0.05) is 209 Å². The molecule has 19 aromatic rings. The van der Waals surface area contributed by atoms with E-state index in [9.17, 15) is 39.5 Å². The van der Waals surface area contributed by atoms with Crippen LogP contribution in [0.5, 0.6) is 0 Å². The number of fused-ring (bicyclic) bond motifs is 3. The van der Waals surface area contributed by atoms with Crippen molar-refractivity contribution in [3.8, 4) is 108 Å². The van der Waals surface area contributed by atoms with Gasteiger partial charge in [-0.15, -0.1) is 0 Å². The van der Waals surface area contributed by atoms with Crippen LogP contribution in [0.2, 0.25) is 0 Å². The topological polar surface area (TPSA) is 293 Å². The van der Waals surface area contributed by atoms with Gasteiger partial charge in [-0.3, -0.25) is 30.2 Å². The van der Waals surface area contributed by atoms with Crippen LogP contribution in [0, 0.1) is 20.8 Å². The van der Waals surface area contributed by atoms with E-state index in [-0.39, 0.29) is 80.3 Å². The van der Waals surface area contributed by atoms with Gasteiger partial charge < -0.3 is 74.5 Å². The van der Waals surface area contributed by atoms with E-state index in [1.54, 1.807) is 44.1 Å². The molecule has 0 radical (unpaired) electrons. The molecule has 0 spiro atoms. The molecular formula is C103H99F9N24Pt3. The summed E-state index contributed by atoms with van der Waals surface area (Å²) in [7, 11) is 1.90. The number of rotatable bonds is 17. The largest absolute Gasteiger partial charge is 2.00 e. The molecule has 0 fully saturated rings. The van der Waals surface area contributed by atoms with Crippen molar-refractivity contribution in [1.82, 2.24) is 120 Å². The molecule has 0 aliphatic heterocycles. The second-order valence-corrected chi connectivity index (χ2v) is 34.6. The molecule has 0 aliphatic carbocycles. The average Bonchev–Trinajstić information content (AvgIpc) is 1.58. The molecule has 0 saturated carbocycles. The van der Waals surface area contributed by atoms with E-state index in [0.29, 0.717) is 99.4 Å². The normalized spacial score (nSPS) is 11.6. The quantitative estimate of drug-likeness (QED) is 0.0765. The summed E-state index contributed by atoms with van der Waals surface area (Å²) in [6.45, 7) is 35.8. The molecule has 139 heavy (non-hydrogen) atoms. The number of aromatic nitrogens is 24. The van der Waals surface area contributed by atoms with Crippen LogP contribution in [-0.2, 0) is 88.8 Å². The van der Waals surface area contributed by atoms with E-state index in [2.05, 4.69) is 276 Å². The summed E-state index contributed by atoms with van der Waals surface area (Å²) < 4.78 is 122. The van der Waals surface area contributed by atoms with Crippen molar-refractivity contribution in [2.75, 3.05) is 0 Å². The van der Waals surface area contributed by atoms with Crippen LogP contribution < -0.4 is 30.6 Å². The number of para-hydroxylation sites is 1. The first kappa shape index (κ1) is 106. The maximum absolute atomic E-state index is 13.0. The molecule has 36 heteroatoms. The Bertz CT molecular complexity index is 6760. The first-order valence-electron chi connectivity index (χ1n) is 44.2. The zero-order chi connectivity index (χ0) is 97.4. The Hall–Kier alpha value is -13.1. The van der Waals surface area contributed by atoms with E-state index in [0.717, 1.165) is 84.5 Å². The number of alkyl halides is 9. The van der Waals surface area contributed by atoms with Gasteiger partial charge in [0.2, 0.25) is 0 Å². The Balaban J connectivity index is 0.000000164. The van der Waals surface area contributed by atoms with Gasteiger partial charge in [0.25, 0.3) is 0 Å². The smallest absolute Gasteiger partial charge is 0.573 e. The van der Waals surface area contributed by atoms with Gasteiger partial charge in [0, 0.05) is 126 Å². The summed E-state index contributed by atoms with van der Waals surface area (Å²) in [4.78, 5) is 38.0. The van der Waals surface area contributed by atoms with Crippen molar-refractivity contribution in [2.45, 2.75) is 178 Å². The van der Waals surface area contributed by atoms with E-state index >= 15 is 0 Å².